The fourth-order valence-corrected chi connectivity index (χ4v) is 3.80. The van der Waals surface area contributed by atoms with Crippen molar-refractivity contribution in [2.45, 2.75) is 25.6 Å². The highest BCUT2D eigenvalue weighted by atomic mass is 19.4. The number of rotatable bonds is 6. The van der Waals surface area contributed by atoms with E-state index in [-0.39, 0.29) is 24.6 Å². The second kappa shape index (κ2) is 10.4. The second-order valence-electron chi connectivity index (χ2n) is 8.16. The van der Waals surface area contributed by atoms with Gasteiger partial charge in [0.25, 0.3) is 5.91 Å². The first-order valence-electron chi connectivity index (χ1n) is 11.0. The molecule has 0 saturated carbocycles. The van der Waals surface area contributed by atoms with E-state index in [0.29, 0.717) is 37.5 Å². The van der Waals surface area contributed by atoms with E-state index in [1.807, 2.05) is 13.0 Å². The summed E-state index contributed by atoms with van der Waals surface area (Å²) in [4.78, 5) is 26.3. The molecule has 35 heavy (non-hydrogen) atoms. The molecule has 2 aromatic heterocycles. The molecule has 0 aliphatic carbocycles. The van der Waals surface area contributed by atoms with Crippen molar-refractivity contribution >= 4 is 17.5 Å². The van der Waals surface area contributed by atoms with Gasteiger partial charge < -0.3 is 20.1 Å². The van der Waals surface area contributed by atoms with Gasteiger partial charge >= 0.3 is 6.18 Å². The van der Waals surface area contributed by atoms with Crippen molar-refractivity contribution < 1.29 is 27.8 Å². The number of morpholine rings is 1. The SMILES string of the molecule is Cc1cc(Nc2nccc(C(F)(F)F)n2)cc(-c2ccc(C(=O)N3CCOC(CCO)C3)nc2)c1. The number of aliphatic hydroxyl groups is 1. The Morgan fingerprint density at radius 2 is 2.03 bits per heavy atom. The Balaban J connectivity index is 1.50. The van der Waals surface area contributed by atoms with E-state index in [9.17, 15) is 18.0 Å². The monoisotopic (exact) mass is 487 g/mol. The van der Waals surface area contributed by atoms with E-state index < -0.39 is 11.9 Å². The summed E-state index contributed by atoms with van der Waals surface area (Å²) in [5, 5.41) is 11.9. The lowest BCUT2D eigenvalue weighted by Crippen LogP contribution is -2.46. The number of anilines is 2. The zero-order valence-corrected chi connectivity index (χ0v) is 18.9. The maximum absolute atomic E-state index is 12.9. The molecule has 1 atom stereocenters. The molecule has 184 valence electrons. The predicted molar refractivity (Wildman–Crippen MR) is 122 cm³/mol. The van der Waals surface area contributed by atoms with Crippen LogP contribution in [0.25, 0.3) is 11.1 Å². The van der Waals surface area contributed by atoms with Gasteiger partial charge in [0.15, 0.2) is 0 Å². The van der Waals surface area contributed by atoms with Crippen molar-refractivity contribution in [1.29, 1.82) is 0 Å². The Bertz CT molecular complexity index is 1190. The van der Waals surface area contributed by atoms with Gasteiger partial charge in [-0.1, -0.05) is 12.1 Å². The van der Waals surface area contributed by atoms with Gasteiger partial charge in [-0.3, -0.25) is 9.78 Å². The molecule has 1 aliphatic rings. The molecular weight excluding hydrogens is 463 g/mol. The van der Waals surface area contributed by atoms with E-state index in [4.69, 9.17) is 9.84 Å². The Hall–Kier alpha value is -3.57. The third-order valence-corrected chi connectivity index (χ3v) is 5.47. The number of halogens is 3. The zero-order chi connectivity index (χ0) is 25.0. The first kappa shape index (κ1) is 24.6. The number of nitrogens with zero attached hydrogens (tertiary/aromatic N) is 4. The van der Waals surface area contributed by atoms with Gasteiger partial charge in [0.05, 0.1) is 12.7 Å². The quantitative estimate of drug-likeness (QED) is 0.545. The number of hydrogen-bond acceptors (Lipinski definition) is 7. The summed E-state index contributed by atoms with van der Waals surface area (Å²) in [5.74, 6) is -0.378. The van der Waals surface area contributed by atoms with Gasteiger partial charge in [-0.15, -0.1) is 0 Å². The smallest absolute Gasteiger partial charge is 0.396 e. The van der Waals surface area contributed by atoms with Gasteiger partial charge in [0.2, 0.25) is 5.95 Å². The summed E-state index contributed by atoms with van der Waals surface area (Å²) < 4.78 is 44.4. The number of hydrogen-bond donors (Lipinski definition) is 2. The topological polar surface area (TPSA) is 100 Å². The molecule has 1 amide bonds. The molecule has 11 heteroatoms. The molecule has 0 spiro atoms. The average molecular weight is 487 g/mol. The molecule has 4 rings (SSSR count). The van der Waals surface area contributed by atoms with E-state index in [0.717, 1.165) is 29.0 Å². The largest absolute Gasteiger partial charge is 0.433 e. The second-order valence-corrected chi connectivity index (χ2v) is 8.16. The molecule has 0 radical (unpaired) electrons. The van der Waals surface area contributed by atoms with Gasteiger partial charge in [-0.2, -0.15) is 13.2 Å². The highest BCUT2D eigenvalue weighted by Gasteiger charge is 2.32. The van der Waals surface area contributed by atoms with Crippen LogP contribution in [0.1, 0.15) is 28.2 Å². The van der Waals surface area contributed by atoms with Crippen LogP contribution in [0, 0.1) is 6.92 Å². The highest BCUT2D eigenvalue weighted by molar-refractivity contribution is 5.92. The Morgan fingerprint density at radius 3 is 2.74 bits per heavy atom. The van der Waals surface area contributed by atoms with Crippen LogP contribution in [0.2, 0.25) is 0 Å². The molecule has 1 saturated heterocycles. The number of aliphatic hydroxyl groups excluding tert-OH is 1. The van der Waals surface area contributed by atoms with Crippen LogP contribution in [-0.2, 0) is 10.9 Å². The van der Waals surface area contributed by atoms with Crippen LogP contribution >= 0.6 is 0 Å². The number of benzene rings is 1. The van der Waals surface area contributed by atoms with E-state index in [2.05, 4.69) is 20.3 Å². The Labute approximate surface area is 199 Å². The van der Waals surface area contributed by atoms with E-state index >= 15 is 0 Å². The summed E-state index contributed by atoms with van der Waals surface area (Å²) in [5.41, 5.74) is 2.14. The number of ether oxygens (including phenoxy) is 1. The fourth-order valence-electron chi connectivity index (χ4n) is 3.80. The van der Waals surface area contributed by atoms with Crippen molar-refractivity contribution in [2.24, 2.45) is 0 Å². The van der Waals surface area contributed by atoms with Crippen molar-refractivity contribution in [3.05, 3.63) is 65.7 Å². The summed E-state index contributed by atoms with van der Waals surface area (Å²) >= 11 is 0. The molecule has 8 nitrogen and oxygen atoms in total. The molecule has 2 N–H and O–H groups in total. The first-order valence-corrected chi connectivity index (χ1v) is 11.0. The number of carbonyl (C=O) groups excluding carboxylic acids is 1. The summed E-state index contributed by atoms with van der Waals surface area (Å²) in [6.45, 7) is 3.10. The van der Waals surface area contributed by atoms with Crippen LogP contribution in [-0.4, -0.2) is 63.3 Å². The standard InChI is InChI=1S/C24H24F3N5O3/c1-15-10-17(12-18(11-15)30-23-28-6-4-21(31-23)24(25,26)27)16-2-3-20(29-13-16)22(34)32-7-9-35-19(14-32)5-8-33/h2-4,6,10-13,19,33H,5,7-9,14H2,1H3,(H,28,30,31). The maximum atomic E-state index is 12.9. The maximum Gasteiger partial charge on any atom is 0.433 e. The minimum atomic E-state index is -4.57. The van der Waals surface area contributed by atoms with Crippen LogP contribution < -0.4 is 5.32 Å². The van der Waals surface area contributed by atoms with Crippen LogP contribution in [0.4, 0.5) is 24.8 Å². The molecule has 1 aliphatic heterocycles. The molecule has 0 bridgehead atoms. The molecule has 3 aromatic rings. The number of amides is 1. The molecule has 1 aromatic carbocycles. The van der Waals surface area contributed by atoms with E-state index in [1.165, 1.54) is 0 Å². The number of aromatic nitrogens is 3. The highest BCUT2D eigenvalue weighted by Crippen LogP contribution is 2.29. The van der Waals surface area contributed by atoms with Gasteiger partial charge in [-0.05, 0) is 48.7 Å². The van der Waals surface area contributed by atoms with Crippen LogP contribution in [0.3, 0.4) is 0 Å². The van der Waals surface area contributed by atoms with E-state index in [1.54, 1.807) is 35.4 Å². The Kier molecular flexibility index (Phi) is 7.27. The molecule has 1 unspecified atom stereocenters. The Morgan fingerprint density at radius 1 is 1.20 bits per heavy atom. The summed E-state index contributed by atoms with van der Waals surface area (Å²) in [6.07, 6.45) is -1.67. The molecule has 3 heterocycles. The number of aryl methyl sites for hydroxylation is 1. The fraction of sp³-hybridized carbons (Fsp3) is 0.333. The summed E-state index contributed by atoms with van der Waals surface area (Å²) in [7, 11) is 0. The third-order valence-electron chi connectivity index (χ3n) is 5.47. The predicted octanol–water partition coefficient (Wildman–Crippen LogP) is 3.83. The average Bonchev–Trinajstić information content (AvgIpc) is 2.83. The minimum Gasteiger partial charge on any atom is -0.396 e. The number of carbonyl (C=O) groups is 1. The van der Waals surface area contributed by atoms with Crippen molar-refractivity contribution in [1.82, 2.24) is 19.9 Å². The number of nitrogens with one attached hydrogen (secondary N) is 1. The zero-order valence-electron chi connectivity index (χ0n) is 18.9. The number of pyridine rings is 1. The summed E-state index contributed by atoms with van der Waals surface area (Å²) in [6, 6.07) is 9.63. The normalized spacial score (nSPS) is 16.3. The van der Waals surface area contributed by atoms with Crippen LogP contribution in [0.5, 0.6) is 0 Å². The lowest BCUT2D eigenvalue weighted by molar-refractivity contribution is -0.141. The lowest BCUT2D eigenvalue weighted by atomic mass is 10.0. The molecular formula is C24H24F3N5O3. The van der Waals surface area contributed by atoms with Gasteiger partial charge in [0, 0.05) is 43.3 Å². The number of alkyl halides is 3. The molecule has 1 fully saturated rings. The van der Waals surface area contributed by atoms with Crippen molar-refractivity contribution in [3.8, 4) is 11.1 Å². The van der Waals surface area contributed by atoms with Crippen molar-refractivity contribution in [2.75, 3.05) is 31.6 Å². The van der Waals surface area contributed by atoms with Crippen molar-refractivity contribution in [3.63, 3.8) is 0 Å². The lowest BCUT2D eigenvalue weighted by Gasteiger charge is -2.32. The minimum absolute atomic E-state index is 0.00707. The van der Waals surface area contributed by atoms with Crippen LogP contribution in [0.15, 0.2) is 48.8 Å². The van der Waals surface area contributed by atoms with Gasteiger partial charge in [0.1, 0.15) is 11.4 Å². The van der Waals surface area contributed by atoms with Gasteiger partial charge in [-0.25, -0.2) is 9.97 Å². The first-order chi connectivity index (χ1) is 16.7. The third kappa shape index (κ3) is 6.11.